The van der Waals surface area contributed by atoms with Crippen LogP contribution in [0.3, 0.4) is 0 Å². The maximum atomic E-state index is 5.30. The van der Waals surface area contributed by atoms with Gasteiger partial charge in [-0.2, -0.15) is 5.10 Å². The summed E-state index contributed by atoms with van der Waals surface area (Å²) in [6.45, 7) is 78.0. The number of aryl methyl sites for hydroxylation is 1. The number of rotatable bonds is 17. The third-order valence-corrected chi connectivity index (χ3v) is 26.0. The number of hydrogen-bond acceptors (Lipinski definition) is 16. The number of nitrogens with zero attached hydrogens (tertiary/aromatic N) is 16. The quantitative estimate of drug-likeness (QED) is 0.0729. The van der Waals surface area contributed by atoms with Gasteiger partial charge in [0.15, 0.2) is 0 Å². The highest BCUT2D eigenvalue weighted by molar-refractivity contribution is 5.96. The van der Waals surface area contributed by atoms with Crippen LogP contribution in [0.2, 0.25) is 0 Å². The van der Waals surface area contributed by atoms with E-state index in [1.165, 1.54) is 151 Å². The Morgan fingerprint density at radius 3 is 1.47 bits per heavy atom. The number of allylic oxidation sites excluding steroid dienone is 3. The van der Waals surface area contributed by atoms with E-state index >= 15 is 0 Å². The molecule has 3 saturated carbocycles. The molecule has 7 atom stereocenters. The van der Waals surface area contributed by atoms with E-state index in [1.807, 2.05) is 32.6 Å². The molecule has 20 nitrogen and oxygen atoms in total. The fourth-order valence-electron chi connectivity index (χ4n) is 18.8. The van der Waals surface area contributed by atoms with Crippen LogP contribution in [0.5, 0.6) is 0 Å². The van der Waals surface area contributed by atoms with E-state index in [-0.39, 0.29) is 0 Å². The highest BCUT2D eigenvalue weighted by atomic mass is 16.5. The first-order valence-corrected chi connectivity index (χ1v) is 48.2. The molecule has 0 radical (unpaired) electrons. The van der Waals surface area contributed by atoms with E-state index in [9.17, 15) is 0 Å². The predicted molar refractivity (Wildman–Crippen MR) is 514 cm³/mol. The third-order valence-electron chi connectivity index (χ3n) is 26.0. The summed E-state index contributed by atoms with van der Waals surface area (Å²) in [4.78, 5) is 7.36. The molecule has 14 rings (SSSR count). The van der Waals surface area contributed by atoms with Crippen LogP contribution in [0, 0.1) is 76.9 Å². The summed E-state index contributed by atoms with van der Waals surface area (Å²) in [5, 5.41) is 39.4. The number of hydrogen-bond donors (Lipinski definition) is 3. The maximum absolute atomic E-state index is 5.30. The van der Waals surface area contributed by atoms with E-state index in [4.69, 9.17) is 9.73 Å². The van der Waals surface area contributed by atoms with Gasteiger partial charge in [-0.05, 0) is 275 Å². The molecule has 2 aromatic carbocycles. The number of hydrazine groups is 2. The Morgan fingerprint density at radius 2 is 1.01 bits per heavy atom. The maximum Gasteiger partial charge on any atom is 0.0868 e. The van der Waals surface area contributed by atoms with Crippen LogP contribution in [-0.2, 0) is 24.1 Å². The number of dihydropyridines is 1. The lowest BCUT2D eigenvalue weighted by molar-refractivity contribution is 0.0593. The molecular weight excluding hydrogens is 1510 g/mol. The largest absolute Gasteiger partial charge is 0.379 e. The first kappa shape index (κ1) is 102. The van der Waals surface area contributed by atoms with Crippen molar-refractivity contribution in [2.24, 2.45) is 87.0 Å². The third kappa shape index (κ3) is 28.3. The molecule has 8 aliphatic rings. The number of para-hydroxylation sites is 1. The SMILES string of the molecule is CC(C)C1[C@H]2CCc3c(nnn3C(C)C)CC[C@@H]12.CC(C)COC(C)C.CC(C)N1NNC2=C1c1ccccc1CN(C(C)C)c1ccccc12.CC(C)c1cn(C(C)C)nn1.CC(C)c1cnnn1C(C)C.CC(C)c1cnnn1C(C)C.CC1=C2CCC(C(C)C)CCCC2C(C(C)C)=NC1.CC1=C2CCC(C(C)C)CCCC2C(C(C)C)=NN1. The molecule has 5 unspecified atom stereocenters. The van der Waals surface area contributed by atoms with E-state index in [2.05, 4.69) is 361 Å². The van der Waals surface area contributed by atoms with Gasteiger partial charge in [0, 0.05) is 101 Å². The second-order valence-electron chi connectivity index (χ2n) is 41.1. The molecule has 3 N–H and O–H groups in total. The average Bonchev–Trinajstić information content (AvgIpc) is 1.49. The van der Waals surface area contributed by atoms with Crippen molar-refractivity contribution in [1.29, 1.82) is 0 Å². The number of hydrazone groups is 1. The first-order valence-electron chi connectivity index (χ1n) is 48.2. The number of nitrogens with one attached hydrogen (secondary N) is 3. The van der Waals surface area contributed by atoms with Crippen LogP contribution < -0.4 is 21.3 Å². The van der Waals surface area contributed by atoms with Crippen LogP contribution in [0.25, 0.3) is 11.4 Å². The molecule has 4 aliphatic heterocycles. The van der Waals surface area contributed by atoms with E-state index in [1.54, 1.807) is 16.7 Å². The van der Waals surface area contributed by atoms with Crippen molar-refractivity contribution in [2.45, 2.75) is 392 Å². The van der Waals surface area contributed by atoms with Crippen molar-refractivity contribution in [3.8, 4) is 0 Å². The van der Waals surface area contributed by atoms with Crippen molar-refractivity contribution >= 4 is 28.5 Å². The highest BCUT2D eigenvalue weighted by Gasteiger charge is 2.51. The zero-order valence-corrected chi connectivity index (χ0v) is 83.2. The van der Waals surface area contributed by atoms with Gasteiger partial charge in [0.2, 0.25) is 0 Å². The summed E-state index contributed by atoms with van der Waals surface area (Å²) in [6.07, 6.45) is 24.6. The van der Waals surface area contributed by atoms with E-state index in [0.717, 1.165) is 84.9 Å². The lowest BCUT2D eigenvalue weighted by Gasteiger charge is -2.34. The highest BCUT2D eigenvalue weighted by Crippen LogP contribution is 2.56. The zero-order chi connectivity index (χ0) is 90.3. The fourth-order valence-corrected chi connectivity index (χ4v) is 18.8. The minimum absolute atomic E-state index is 0.348. The van der Waals surface area contributed by atoms with Crippen LogP contribution in [-0.4, -0.2) is 108 Å². The summed E-state index contributed by atoms with van der Waals surface area (Å²) in [7, 11) is 0. The number of aliphatic imine (C=N–C) groups is 1. The fraction of sp³-hybridized carbons (Fsp3) is 0.725. The molecule has 682 valence electrons. The molecule has 0 saturated heterocycles. The van der Waals surface area contributed by atoms with Crippen LogP contribution >= 0.6 is 0 Å². The Kier molecular flexibility index (Phi) is 40.4. The Morgan fingerprint density at radius 1 is 0.475 bits per heavy atom. The Labute approximate surface area is 742 Å². The standard InChI is InChI=1S/C21H26N4.C18H31N.C17H30N2.C15H25N3.3C8H15N3.C7H16O/c1-14(2)24-13-16-9-5-6-10-17(16)21-20(22-23-25(21)15(3)4)18-11-7-8-12-19(18)24;1-12(2)15-7-6-8-17-16(10-9-15)14(5)11-19-18(17)13(3)4;1-11(2)14-7-6-8-16-15(10-9-14)13(5)18-19-17(16)12(3)4;1-9(2)15-11-5-7-13-14(8-6-12(11)15)18(10(3)4)17-16-13;1-6(2)8-5-11(7(3)4)10-9-8;2*1-6(2)8-5-9-10-11(8)7(3)4;1-6(2)5-8-7(3)4/h5-12,14-15,22-23H,13H2,1-4H3;12-13,15,17H,6-11H2,1-5H3;11-12,14,16,18H,6-10H2,1-5H3;9-12,15H,5-8H2,1-4H3;3*5-7H,1-4H3;6-7H,5H2,1-4H3/t;;;11-,12+,15?;;;;/m...1..../s1. The molecular formula is C102H173N19O. The molecule has 0 amide bonds. The first-order chi connectivity index (χ1) is 57.7. The molecule has 20 heteroatoms. The molecule has 122 heavy (non-hydrogen) atoms. The number of fused-ring (bicyclic) bond motifs is 8. The average molecular weight is 1680 g/mol. The van der Waals surface area contributed by atoms with Crippen LogP contribution in [0.1, 0.15) is 400 Å². The van der Waals surface area contributed by atoms with Crippen molar-refractivity contribution in [3.05, 3.63) is 135 Å². The zero-order valence-electron chi connectivity index (χ0n) is 83.2. The lowest BCUT2D eigenvalue weighted by Crippen LogP contribution is -2.41. The number of benzene rings is 2. The summed E-state index contributed by atoms with van der Waals surface area (Å²) in [5.74, 6) is 11.9. The summed E-state index contributed by atoms with van der Waals surface area (Å²) in [6, 6.07) is 19.9. The molecule has 3 fully saturated rings. The van der Waals surface area contributed by atoms with Gasteiger partial charge in [0.05, 0.1) is 64.9 Å². The van der Waals surface area contributed by atoms with Crippen molar-refractivity contribution in [1.82, 2.24) is 81.4 Å². The van der Waals surface area contributed by atoms with Crippen molar-refractivity contribution in [2.75, 3.05) is 18.1 Å². The van der Waals surface area contributed by atoms with E-state index in [0.29, 0.717) is 89.7 Å². The topological polar surface area (TPSA) is 199 Å². The molecule has 6 aromatic rings. The van der Waals surface area contributed by atoms with Gasteiger partial charge in [-0.1, -0.05) is 225 Å². The number of aromatic nitrogens is 12. The summed E-state index contributed by atoms with van der Waals surface area (Å²) in [5.41, 5.74) is 33.0. The minimum atomic E-state index is 0.348. The van der Waals surface area contributed by atoms with Gasteiger partial charge in [0.1, 0.15) is 0 Å². The minimum Gasteiger partial charge on any atom is -0.379 e. The Hall–Kier alpha value is -7.32. The normalized spacial score (nSPS) is 20.8. The summed E-state index contributed by atoms with van der Waals surface area (Å²) < 4.78 is 13.3. The smallest absolute Gasteiger partial charge is 0.0868 e. The number of anilines is 1. The van der Waals surface area contributed by atoms with Crippen LogP contribution in [0.15, 0.2) is 99.6 Å². The van der Waals surface area contributed by atoms with Gasteiger partial charge in [-0.3, -0.25) is 15.4 Å². The molecule has 8 heterocycles. The molecule has 0 spiro atoms. The predicted octanol–water partition coefficient (Wildman–Crippen LogP) is 25.2. The van der Waals surface area contributed by atoms with Gasteiger partial charge >= 0.3 is 0 Å². The monoisotopic (exact) mass is 1680 g/mol. The molecule has 4 aliphatic carbocycles. The lowest BCUT2D eigenvalue weighted by atomic mass is 9.73. The number of ether oxygens (including phenoxy) is 1. The second kappa shape index (κ2) is 48.4. The van der Waals surface area contributed by atoms with Crippen molar-refractivity contribution < 1.29 is 4.74 Å². The van der Waals surface area contributed by atoms with Gasteiger partial charge in [0.25, 0.3) is 0 Å². The van der Waals surface area contributed by atoms with Gasteiger partial charge < -0.3 is 15.1 Å². The molecule has 4 aromatic heterocycles. The van der Waals surface area contributed by atoms with Crippen molar-refractivity contribution in [3.63, 3.8) is 0 Å². The Balaban J connectivity index is 0.000000196. The van der Waals surface area contributed by atoms with Crippen LogP contribution in [0.4, 0.5) is 5.69 Å². The molecule has 0 bridgehead atoms. The van der Waals surface area contributed by atoms with Gasteiger partial charge in [-0.25, -0.2) is 18.7 Å². The van der Waals surface area contributed by atoms with Gasteiger partial charge in [-0.15, -0.1) is 25.9 Å². The Bertz CT molecular complexity index is 4050. The van der Waals surface area contributed by atoms with E-state index < -0.39 is 0 Å². The second-order valence-corrected chi connectivity index (χ2v) is 41.1. The summed E-state index contributed by atoms with van der Waals surface area (Å²) >= 11 is 0.